The fraction of sp³-hybridized carbons (Fsp3) is 0.512. The summed E-state index contributed by atoms with van der Waals surface area (Å²) in [5.74, 6) is 1.36. The smallest absolute Gasteiger partial charge is 0.434 e. The maximum Gasteiger partial charge on any atom is 0.434 e. The Morgan fingerprint density at radius 2 is 0.886 bits per heavy atom. The summed E-state index contributed by atoms with van der Waals surface area (Å²) in [4.78, 5) is 40.3. The van der Waals surface area contributed by atoms with Crippen LogP contribution >= 0.6 is 11.6 Å². The predicted octanol–water partition coefficient (Wildman–Crippen LogP) is 11.0. The summed E-state index contributed by atoms with van der Waals surface area (Å²) in [6, 6.07) is 19.6. The van der Waals surface area contributed by atoms with Crippen LogP contribution in [0.1, 0.15) is 43.3 Å². The fourth-order valence-corrected chi connectivity index (χ4v) is 6.44. The van der Waals surface area contributed by atoms with Crippen molar-refractivity contribution in [2.24, 2.45) is 0 Å². The Bertz CT molecular complexity index is 2270. The van der Waals surface area contributed by atoms with E-state index in [4.69, 9.17) is 13.8 Å². The quantitative estimate of drug-likeness (QED) is 0.0941. The molecule has 4 aromatic rings. The number of benzene rings is 2. The Morgan fingerprint density at radius 1 is 0.557 bits per heavy atom. The van der Waals surface area contributed by atoms with Crippen LogP contribution in [0.25, 0.3) is 22.6 Å². The Hall–Kier alpha value is -5.76. The molecule has 0 atom stereocenters. The van der Waals surface area contributed by atoms with Crippen LogP contribution in [0.2, 0.25) is 0 Å². The van der Waals surface area contributed by atoms with Gasteiger partial charge in [-0.3, -0.25) is 9.80 Å². The van der Waals surface area contributed by atoms with Gasteiger partial charge in [-0.25, -0.2) is 14.4 Å². The van der Waals surface area contributed by atoms with Crippen molar-refractivity contribution in [1.29, 1.82) is 0 Å². The van der Waals surface area contributed by atoms with Crippen molar-refractivity contribution in [3.8, 4) is 22.6 Å². The number of halogens is 13. The molecule has 14 nitrogen and oxygen atoms in total. The van der Waals surface area contributed by atoms with Gasteiger partial charge in [0.1, 0.15) is 5.60 Å². The minimum atomic E-state index is -5.74. The average molecular weight is 1040 g/mol. The van der Waals surface area contributed by atoms with E-state index in [1.165, 1.54) is 5.56 Å². The number of carbonyl (C=O) groups excluding carboxylic acids is 3. The Kier molecular flexibility index (Phi) is 19.0. The third-order valence-corrected chi connectivity index (χ3v) is 9.92. The highest BCUT2D eigenvalue weighted by Crippen LogP contribution is 2.37. The van der Waals surface area contributed by atoms with E-state index in [-0.39, 0.29) is 32.3 Å². The molecular formula is C43H47ClF12N6O8. The van der Waals surface area contributed by atoms with Gasteiger partial charge in [-0.1, -0.05) is 70.0 Å². The number of aromatic nitrogens is 2. The van der Waals surface area contributed by atoms with Gasteiger partial charge < -0.3 is 33.1 Å². The van der Waals surface area contributed by atoms with E-state index in [1.54, 1.807) is 11.0 Å². The molecular weight excluding hydrogens is 992 g/mol. The molecule has 0 saturated carbocycles. The lowest BCUT2D eigenvalue weighted by Crippen LogP contribution is -2.52. The topological polar surface area (TPSA) is 144 Å². The van der Waals surface area contributed by atoms with E-state index >= 15 is 0 Å². The van der Waals surface area contributed by atoms with Gasteiger partial charge in [0.05, 0.1) is 11.4 Å². The second-order valence-corrected chi connectivity index (χ2v) is 17.1. The standard InChI is InChI=1S/C20H27N3O3.C19H19F6N3O3.C4HClF6O2/c1-15-5-7-16(8-6-15)18-13-17(21-26-18)14-22-9-11-23(12-10-22)19(24)25-20(2,3)4;1-12-2-4-13(5-3-12)15-10-14(26-31-15)11-27-6-8-28(9-7-27)17(29)30-16(18(20,21)22)19(23,24)25;5-2(12)13-1(3(6,7)8)4(9,10)11/h5-8,13H,9-12,14H2,1-4H3;2-5,10,16H,6-9,11H2,1H3;1H. The van der Waals surface area contributed by atoms with E-state index < -0.39 is 54.0 Å². The van der Waals surface area contributed by atoms with Crippen LogP contribution in [0.5, 0.6) is 0 Å². The van der Waals surface area contributed by atoms with Gasteiger partial charge in [-0.2, -0.15) is 52.7 Å². The SMILES string of the molecule is Cc1ccc(-c2cc(CN3CCN(C(=O)OC(C(F)(F)F)C(F)(F)F)CC3)no2)cc1.Cc1ccc(-c2cc(CN3CCN(C(=O)OC(C)(C)C)CC3)no2)cc1.O=C(Cl)OC(C(F)(F)F)C(F)(F)F. The first-order valence-corrected chi connectivity index (χ1v) is 21.2. The van der Waals surface area contributed by atoms with E-state index in [0.717, 1.165) is 52.7 Å². The monoisotopic (exact) mass is 1040 g/mol. The Balaban J connectivity index is 0.000000247. The minimum Gasteiger partial charge on any atom is -0.444 e. The number of piperazine rings is 2. The summed E-state index contributed by atoms with van der Waals surface area (Å²) in [6.45, 7) is 14.0. The van der Waals surface area contributed by atoms with Crippen molar-refractivity contribution < 1.29 is 90.3 Å². The lowest BCUT2D eigenvalue weighted by molar-refractivity contribution is -0.308. The molecule has 6 rings (SSSR count). The number of amides is 2. The number of carbonyl (C=O) groups is 3. The van der Waals surface area contributed by atoms with Gasteiger partial charge in [-0.15, -0.1) is 0 Å². The van der Waals surface area contributed by atoms with Crippen molar-refractivity contribution in [3.63, 3.8) is 0 Å². The first-order chi connectivity index (χ1) is 32.3. The molecule has 2 aliphatic rings. The lowest BCUT2D eigenvalue weighted by Gasteiger charge is -2.35. The molecule has 0 radical (unpaired) electrons. The van der Waals surface area contributed by atoms with Crippen molar-refractivity contribution >= 4 is 29.2 Å². The molecule has 388 valence electrons. The zero-order valence-electron chi connectivity index (χ0n) is 37.9. The zero-order chi connectivity index (χ0) is 52.4. The number of rotatable bonds is 8. The van der Waals surface area contributed by atoms with E-state index in [9.17, 15) is 67.1 Å². The molecule has 2 aliphatic heterocycles. The lowest BCUT2D eigenvalue weighted by atomic mass is 10.1. The van der Waals surface area contributed by atoms with Gasteiger partial charge in [0.25, 0.3) is 12.2 Å². The van der Waals surface area contributed by atoms with E-state index in [1.807, 2.05) is 75.1 Å². The molecule has 0 spiro atoms. The maximum atomic E-state index is 12.6. The first-order valence-electron chi connectivity index (χ1n) is 20.8. The molecule has 2 aromatic carbocycles. The molecule has 2 aromatic heterocycles. The second-order valence-electron chi connectivity index (χ2n) is 16.8. The fourth-order valence-electron chi connectivity index (χ4n) is 6.35. The summed E-state index contributed by atoms with van der Waals surface area (Å²) >= 11 is 4.22. The van der Waals surface area contributed by atoms with Crippen molar-refractivity contribution in [2.45, 2.75) is 90.2 Å². The molecule has 0 unspecified atom stereocenters. The summed E-state index contributed by atoms with van der Waals surface area (Å²) in [7, 11) is 0. The number of hydrogen-bond donors (Lipinski definition) is 0. The van der Waals surface area contributed by atoms with Crippen LogP contribution in [0.3, 0.4) is 0 Å². The molecule has 2 amide bonds. The van der Waals surface area contributed by atoms with Crippen molar-refractivity contribution in [2.75, 3.05) is 52.4 Å². The Morgan fingerprint density at radius 3 is 1.19 bits per heavy atom. The van der Waals surface area contributed by atoms with E-state index in [0.29, 0.717) is 31.1 Å². The van der Waals surface area contributed by atoms with Gasteiger partial charge in [0.15, 0.2) is 11.5 Å². The van der Waals surface area contributed by atoms with Crippen LogP contribution in [0, 0.1) is 13.8 Å². The highest BCUT2D eigenvalue weighted by molar-refractivity contribution is 6.61. The Labute approximate surface area is 397 Å². The van der Waals surface area contributed by atoms with Crippen molar-refractivity contribution in [1.82, 2.24) is 29.9 Å². The van der Waals surface area contributed by atoms with Crippen LogP contribution in [0.4, 0.5) is 67.1 Å². The summed E-state index contributed by atoms with van der Waals surface area (Å²) < 4.78 is 167. The van der Waals surface area contributed by atoms with Crippen molar-refractivity contribution in [3.05, 3.63) is 83.2 Å². The predicted molar refractivity (Wildman–Crippen MR) is 224 cm³/mol. The maximum absolute atomic E-state index is 12.6. The van der Waals surface area contributed by atoms with Crippen LogP contribution in [-0.2, 0) is 27.3 Å². The summed E-state index contributed by atoms with van der Waals surface area (Å²) in [5.41, 5.74) is 3.09. The second kappa shape index (κ2) is 23.4. The third kappa shape index (κ3) is 18.2. The number of aryl methyl sites for hydroxylation is 2. The van der Waals surface area contributed by atoms with Gasteiger partial charge >= 0.3 is 42.3 Å². The summed E-state index contributed by atoms with van der Waals surface area (Å²) in [6.07, 6.45) is -33.1. The average Bonchev–Trinajstić information content (AvgIpc) is 3.91. The highest BCUT2D eigenvalue weighted by atomic mass is 35.5. The van der Waals surface area contributed by atoms with Gasteiger partial charge in [0, 0.05) is 100 Å². The largest absolute Gasteiger partial charge is 0.444 e. The van der Waals surface area contributed by atoms with Crippen LogP contribution in [-0.4, -0.2) is 142 Å². The normalized spacial score (nSPS) is 15.5. The number of nitrogens with zero attached hydrogens (tertiary/aromatic N) is 6. The summed E-state index contributed by atoms with van der Waals surface area (Å²) in [5, 5.41) is 8.17. The molecule has 0 aliphatic carbocycles. The number of ether oxygens (including phenoxy) is 3. The molecule has 2 fully saturated rings. The van der Waals surface area contributed by atoms with Crippen LogP contribution < -0.4 is 0 Å². The first kappa shape index (κ1) is 56.8. The van der Waals surface area contributed by atoms with Gasteiger partial charge in [0.2, 0.25) is 0 Å². The molecule has 70 heavy (non-hydrogen) atoms. The minimum absolute atomic E-state index is 0.0794. The molecule has 0 bridgehead atoms. The molecule has 4 heterocycles. The number of hydrogen-bond acceptors (Lipinski definition) is 12. The third-order valence-electron chi connectivity index (χ3n) is 9.83. The van der Waals surface area contributed by atoms with E-state index in [2.05, 4.69) is 55.3 Å². The molecule has 0 N–H and O–H groups in total. The highest BCUT2D eigenvalue weighted by Gasteiger charge is 2.61. The number of alkyl halides is 12. The molecule has 2 saturated heterocycles. The van der Waals surface area contributed by atoms with Gasteiger partial charge in [-0.05, 0) is 34.6 Å². The zero-order valence-corrected chi connectivity index (χ0v) is 38.6. The van der Waals surface area contributed by atoms with Crippen LogP contribution in [0.15, 0.2) is 69.7 Å². The molecule has 27 heteroatoms.